The van der Waals surface area contributed by atoms with Crippen LogP contribution in [0.15, 0.2) is 34.2 Å². The number of anilines is 1. The van der Waals surface area contributed by atoms with Crippen molar-refractivity contribution in [3.63, 3.8) is 0 Å². The van der Waals surface area contributed by atoms with Gasteiger partial charge in [-0.15, -0.1) is 11.3 Å². The molecule has 0 aromatic carbocycles. The van der Waals surface area contributed by atoms with Gasteiger partial charge in [0.25, 0.3) is 0 Å². The third-order valence-corrected chi connectivity index (χ3v) is 8.15. The molecule has 0 aliphatic rings. The maximum atomic E-state index is 13.1. The summed E-state index contributed by atoms with van der Waals surface area (Å²) in [5, 5.41) is 19.9. The van der Waals surface area contributed by atoms with Gasteiger partial charge in [0.1, 0.15) is 13.2 Å². The molecule has 0 aliphatic heterocycles. The van der Waals surface area contributed by atoms with E-state index in [-0.39, 0.29) is 12.5 Å². The van der Waals surface area contributed by atoms with E-state index >= 15 is 0 Å². The molecule has 5 rings (SSSR count). The van der Waals surface area contributed by atoms with Crippen molar-refractivity contribution in [1.29, 1.82) is 0 Å². The highest BCUT2D eigenvalue weighted by atomic mass is 79.9. The van der Waals surface area contributed by atoms with E-state index < -0.39 is 0 Å². The Kier molecular flexibility index (Phi) is 6.06. The molecule has 0 spiro atoms. The third kappa shape index (κ3) is 4.19. The van der Waals surface area contributed by atoms with Gasteiger partial charge < -0.3 is 5.32 Å². The van der Waals surface area contributed by atoms with Gasteiger partial charge in [0.15, 0.2) is 5.65 Å². The highest BCUT2D eigenvalue weighted by Gasteiger charge is 2.19. The lowest BCUT2D eigenvalue weighted by molar-refractivity contribution is -0.116. The highest BCUT2D eigenvalue weighted by molar-refractivity contribution is 9.10. The first kappa shape index (κ1) is 23.4. The molecule has 0 atom stereocenters. The molecule has 5 aromatic heterocycles. The number of fused-ring (bicyclic) bond motifs is 1. The van der Waals surface area contributed by atoms with Crippen molar-refractivity contribution in [2.75, 3.05) is 5.32 Å². The van der Waals surface area contributed by atoms with Crippen LogP contribution >= 0.6 is 27.3 Å². The van der Waals surface area contributed by atoms with Crippen LogP contribution in [0.3, 0.4) is 0 Å². The molecule has 0 saturated heterocycles. The van der Waals surface area contributed by atoms with Crippen LogP contribution in [0.5, 0.6) is 0 Å². The van der Waals surface area contributed by atoms with Crippen molar-refractivity contribution < 1.29 is 4.79 Å². The second kappa shape index (κ2) is 9.04. The lowest BCUT2D eigenvalue weighted by Gasteiger charge is -2.09. The topological polar surface area (TPSA) is 95.5 Å². The molecule has 5 heterocycles. The van der Waals surface area contributed by atoms with Gasteiger partial charge in [-0.05, 0) is 68.1 Å². The summed E-state index contributed by atoms with van der Waals surface area (Å²) in [6.45, 7) is 10.3. The van der Waals surface area contributed by atoms with Crippen LogP contribution in [0.1, 0.15) is 28.5 Å². The number of aromatic nitrogens is 7. The number of rotatable bonds is 6. The van der Waals surface area contributed by atoms with Crippen LogP contribution in [-0.2, 0) is 18.0 Å². The van der Waals surface area contributed by atoms with Gasteiger partial charge in [-0.1, -0.05) is 6.07 Å². The van der Waals surface area contributed by atoms with E-state index in [1.165, 1.54) is 0 Å². The Morgan fingerprint density at radius 1 is 0.971 bits per heavy atom. The number of thiophene rings is 1. The zero-order valence-corrected chi connectivity index (χ0v) is 22.5. The molecule has 5 aromatic rings. The first-order chi connectivity index (χ1) is 16.7. The predicted octanol–water partition coefficient (Wildman–Crippen LogP) is 5.00. The lowest BCUT2D eigenvalue weighted by atomic mass is 10.1. The third-order valence-electron chi connectivity index (χ3n) is 6.09. The minimum absolute atomic E-state index is 0.0553. The number of hydrogen-bond acceptors (Lipinski definition) is 6. The van der Waals surface area contributed by atoms with Gasteiger partial charge in [0, 0.05) is 16.6 Å². The number of carbonyl (C=O) groups is 1. The van der Waals surface area contributed by atoms with E-state index in [0.717, 1.165) is 48.8 Å². The Labute approximate surface area is 214 Å². The minimum Gasteiger partial charge on any atom is -0.321 e. The zero-order chi connectivity index (χ0) is 24.9. The first-order valence-electron chi connectivity index (χ1n) is 11.1. The number of nitrogens with one attached hydrogen (secondary N) is 1. The fourth-order valence-electron chi connectivity index (χ4n) is 4.30. The summed E-state index contributed by atoms with van der Waals surface area (Å²) >= 11 is 5.24. The number of carbonyl (C=O) groups excluding carboxylic acids is 1. The summed E-state index contributed by atoms with van der Waals surface area (Å²) in [5.41, 5.74) is 6.89. The summed E-state index contributed by atoms with van der Waals surface area (Å²) in [5.74, 6) is -0.183. The summed E-state index contributed by atoms with van der Waals surface area (Å²) in [7, 11) is 0. The van der Waals surface area contributed by atoms with Gasteiger partial charge in [0.05, 0.1) is 44.0 Å². The first-order valence-corrected chi connectivity index (χ1v) is 12.8. The molecule has 0 radical (unpaired) electrons. The highest BCUT2D eigenvalue weighted by Crippen LogP contribution is 2.32. The molecule has 0 saturated carbocycles. The van der Waals surface area contributed by atoms with Gasteiger partial charge >= 0.3 is 0 Å². The van der Waals surface area contributed by atoms with Crippen molar-refractivity contribution in [3.8, 4) is 10.4 Å². The van der Waals surface area contributed by atoms with E-state index in [9.17, 15) is 4.79 Å². The minimum atomic E-state index is -0.183. The Balaban J connectivity index is 1.38. The van der Waals surface area contributed by atoms with E-state index in [0.29, 0.717) is 18.0 Å². The van der Waals surface area contributed by atoms with Crippen LogP contribution in [0, 0.1) is 34.6 Å². The van der Waals surface area contributed by atoms with Crippen molar-refractivity contribution in [2.24, 2.45) is 0 Å². The van der Waals surface area contributed by atoms with Gasteiger partial charge in [-0.3, -0.25) is 4.79 Å². The van der Waals surface area contributed by atoms with Gasteiger partial charge in [0.2, 0.25) is 5.91 Å². The summed E-state index contributed by atoms with van der Waals surface area (Å²) in [4.78, 5) is 18.7. The van der Waals surface area contributed by atoms with Crippen molar-refractivity contribution in [1.82, 2.24) is 34.3 Å². The van der Waals surface area contributed by atoms with Crippen LogP contribution in [0.25, 0.3) is 21.5 Å². The predicted molar refractivity (Wildman–Crippen MR) is 141 cm³/mol. The molecule has 11 heteroatoms. The second-order valence-electron chi connectivity index (χ2n) is 8.50. The maximum Gasteiger partial charge on any atom is 0.246 e. The number of aryl methyl sites for hydroxylation is 3. The van der Waals surface area contributed by atoms with Crippen molar-refractivity contribution >= 4 is 49.9 Å². The Morgan fingerprint density at radius 2 is 1.69 bits per heavy atom. The quantitative estimate of drug-likeness (QED) is 0.319. The molecule has 1 amide bonds. The molecule has 0 unspecified atom stereocenters. The number of nitrogens with zero attached hydrogens (tertiary/aromatic N) is 7. The molecule has 180 valence electrons. The molecule has 0 fully saturated rings. The Bertz CT molecular complexity index is 1560. The Morgan fingerprint density at radius 3 is 2.37 bits per heavy atom. The van der Waals surface area contributed by atoms with Gasteiger partial charge in [-0.2, -0.15) is 15.3 Å². The normalized spacial score (nSPS) is 11.5. The summed E-state index contributed by atoms with van der Waals surface area (Å²) in [6, 6.07) is 6.10. The smallest absolute Gasteiger partial charge is 0.246 e. The van der Waals surface area contributed by atoms with E-state index in [2.05, 4.69) is 47.6 Å². The van der Waals surface area contributed by atoms with Crippen LogP contribution in [-0.4, -0.2) is 40.2 Å². The largest absolute Gasteiger partial charge is 0.321 e. The lowest BCUT2D eigenvalue weighted by Crippen LogP contribution is -2.20. The molecule has 0 bridgehead atoms. The standard InChI is InChI=1S/C24H25BrN8OS/c1-13-21-18(19-7-6-10-35-19)8-9-26-24(21)31(28-13)11-20(34)27-23-15(3)30-33(17(23)5)12-32-16(4)22(25)14(2)29-32/h6-10H,11-12H2,1-5H3,(H,27,34). The number of amides is 1. The monoisotopic (exact) mass is 552 g/mol. The molecule has 1 N–H and O–H groups in total. The zero-order valence-electron chi connectivity index (χ0n) is 20.1. The average molecular weight is 553 g/mol. The molecule has 35 heavy (non-hydrogen) atoms. The average Bonchev–Trinajstić information content (AvgIpc) is 3.58. The maximum absolute atomic E-state index is 13.1. The summed E-state index contributed by atoms with van der Waals surface area (Å²) < 4.78 is 6.39. The van der Waals surface area contributed by atoms with Crippen LogP contribution in [0.4, 0.5) is 5.69 Å². The molecular formula is C24H25BrN8OS. The second-order valence-corrected chi connectivity index (χ2v) is 10.2. The fraction of sp³-hybridized carbons (Fsp3) is 0.292. The number of hydrogen-bond donors (Lipinski definition) is 1. The van der Waals surface area contributed by atoms with E-state index in [1.807, 2.05) is 61.5 Å². The van der Waals surface area contributed by atoms with Crippen molar-refractivity contribution in [2.45, 2.75) is 47.8 Å². The number of halogens is 1. The van der Waals surface area contributed by atoms with Crippen LogP contribution < -0.4 is 5.32 Å². The van der Waals surface area contributed by atoms with Crippen LogP contribution in [0.2, 0.25) is 0 Å². The van der Waals surface area contributed by atoms with E-state index in [4.69, 9.17) is 0 Å². The van der Waals surface area contributed by atoms with Gasteiger partial charge in [-0.25, -0.2) is 19.0 Å². The molecule has 0 aliphatic carbocycles. The fourth-order valence-corrected chi connectivity index (χ4v) is 5.34. The van der Waals surface area contributed by atoms with E-state index in [1.54, 1.807) is 22.2 Å². The Hall–Kier alpha value is -3.31. The molecule has 9 nitrogen and oxygen atoms in total. The SMILES string of the molecule is Cc1nn(Cn2nc(C)c(NC(=O)Cn3nc(C)c4c(-c5cccs5)ccnc43)c2C)c(C)c1Br. The summed E-state index contributed by atoms with van der Waals surface area (Å²) in [6.07, 6.45) is 1.77. The van der Waals surface area contributed by atoms with Crippen molar-refractivity contribution in [3.05, 3.63) is 62.7 Å². The number of pyridine rings is 1. The molecular weight excluding hydrogens is 528 g/mol.